The van der Waals surface area contributed by atoms with E-state index < -0.39 is 5.41 Å². The Morgan fingerprint density at radius 1 is 0.449 bits per heavy atom. The summed E-state index contributed by atoms with van der Waals surface area (Å²) in [7, 11) is 0. The molecule has 0 unspecified atom stereocenters. The zero-order valence-electron chi connectivity index (χ0n) is 26.3. The zero-order valence-corrected chi connectivity index (χ0v) is 26.3. The number of para-hydroxylation sites is 4. The lowest BCUT2D eigenvalue weighted by molar-refractivity contribution is 0.436. The maximum Gasteiger partial charge on any atom is 0.235 e. The standard InChI is InChI=1S/C45H27N3O/c1-2-14-28(15-3-1)43-31-18-5-10-22-38(31)46-44(47-43)48-39-23-11-6-17-30(39)33-26-32-29-16-4-7-19-34(29)45(37(32)27-40(33)48)35-20-8-12-24-41(35)49-42-25-13-9-21-36(42)45/h1-27H. The summed E-state index contributed by atoms with van der Waals surface area (Å²) in [5.74, 6) is 2.42. The third kappa shape index (κ3) is 3.47. The van der Waals surface area contributed by atoms with Crippen LogP contribution in [0.2, 0.25) is 0 Å². The Morgan fingerprint density at radius 2 is 1.08 bits per heavy atom. The molecule has 0 saturated carbocycles. The summed E-state index contributed by atoms with van der Waals surface area (Å²) in [5.41, 5.74) is 11.8. The molecule has 2 aliphatic rings. The van der Waals surface area contributed by atoms with E-state index in [1.807, 2.05) is 12.1 Å². The summed E-state index contributed by atoms with van der Waals surface area (Å²) >= 11 is 0. The van der Waals surface area contributed by atoms with E-state index in [-0.39, 0.29) is 0 Å². The highest BCUT2D eigenvalue weighted by Crippen LogP contribution is 2.62. The summed E-state index contributed by atoms with van der Waals surface area (Å²) in [4.78, 5) is 10.6. The van der Waals surface area contributed by atoms with Crippen LogP contribution in [0.3, 0.4) is 0 Å². The van der Waals surface area contributed by atoms with Crippen LogP contribution in [0.1, 0.15) is 22.3 Å². The second kappa shape index (κ2) is 9.75. The first kappa shape index (κ1) is 26.5. The van der Waals surface area contributed by atoms with Crippen LogP contribution in [-0.2, 0) is 5.41 Å². The van der Waals surface area contributed by atoms with Crippen molar-refractivity contribution in [2.45, 2.75) is 5.41 Å². The molecule has 0 fully saturated rings. The third-order valence-electron chi connectivity index (χ3n) is 10.5. The van der Waals surface area contributed by atoms with Gasteiger partial charge in [0.2, 0.25) is 5.95 Å². The van der Waals surface area contributed by atoms with Gasteiger partial charge in [-0.05, 0) is 58.7 Å². The van der Waals surface area contributed by atoms with Crippen molar-refractivity contribution in [2.24, 2.45) is 0 Å². The first-order chi connectivity index (χ1) is 24.3. The van der Waals surface area contributed by atoms with Crippen molar-refractivity contribution < 1.29 is 4.74 Å². The fourth-order valence-corrected chi connectivity index (χ4v) is 8.51. The van der Waals surface area contributed by atoms with E-state index in [4.69, 9.17) is 14.7 Å². The van der Waals surface area contributed by atoms with E-state index in [0.717, 1.165) is 55.8 Å². The van der Waals surface area contributed by atoms with Crippen LogP contribution in [-0.4, -0.2) is 14.5 Å². The maximum absolute atomic E-state index is 6.59. The fraction of sp³-hybridized carbons (Fsp3) is 0.0222. The van der Waals surface area contributed by atoms with Gasteiger partial charge in [0.1, 0.15) is 11.5 Å². The Hall–Kier alpha value is -6.52. The van der Waals surface area contributed by atoms with E-state index in [0.29, 0.717) is 5.95 Å². The van der Waals surface area contributed by atoms with Crippen molar-refractivity contribution >= 4 is 32.7 Å². The lowest BCUT2D eigenvalue weighted by Gasteiger charge is -2.39. The van der Waals surface area contributed by atoms with Gasteiger partial charge in [-0.1, -0.05) is 127 Å². The normalized spacial score (nSPS) is 13.6. The van der Waals surface area contributed by atoms with Gasteiger partial charge < -0.3 is 4.74 Å². The Balaban J connectivity index is 1.29. The molecule has 0 atom stereocenters. The molecular weight excluding hydrogens is 599 g/mol. The molecule has 1 aliphatic heterocycles. The van der Waals surface area contributed by atoms with Gasteiger partial charge in [-0.25, -0.2) is 9.97 Å². The van der Waals surface area contributed by atoms with Crippen LogP contribution in [0.15, 0.2) is 164 Å². The summed E-state index contributed by atoms with van der Waals surface area (Å²) in [6.45, 7) is 0. The molecule has 0 N–H and O–H groups in total. The Bertz CT molecular complexity index is 2770. The number of ether oxygens (including phenoxy) is 1. The molecule has 3 heterocycles. The van der Waals surface area contributed by atoms with E-state index in [9.17, 15) is 0 Å². The molecule has 4 heteroatoms. The predicted octanol–water partition coefficient (Wildman–Crippen LogP) is 10.9. The molecule has 0 radical (unpaired) electrons. The highest BCUT2D eigenvalue weighted by molar-refractivity contribution is 6.12. The van der Waals surface area contributed by atoms with Crippen molar-refractivity contribution in [3.63, 3.8) is 0 Å². The van der Waals surface area contributed by atoms with Crippen molar-refractivity contribution in [1.82, 2.24) is 14.5 Å². The molecule has 0 saturated heterocycles. The van der Waals surface area contributed by atoms with Crippen LogP contribution in [0.4, 0.5) is 0 Å². The first-order valence-electron chi connectivity index (χ1n) is 16.7. The molecule has 0 amide bonds. The van der Waals surface area contributed by atoms with Crippen LogP contribution in [0, 0.1) is 0 Å². The molecule has 1 spiro atoms. The van der Waals surface area contributed by atoms with Gasteiger partial charge in [-0.15, -0.1) is 0 Å². The fourth-order valence-electron chi connectivity index (χ4n) is 8.51. The lowest BCUT2D eigenvalue weighted by atomic mass is 9.66. The highest BCUT2D eigenvalue weighted by Gasteiger charge is 2.51. The van der Waals surface area contributed by atoms with Gasteiger partial charge in [0.15, 0.2) is 0 Å². The summed E-state index contributed by atoms with van der Waals surface area (Å²) in [6.07, 6.45) is 0. The average Bonchev–Trinajstić information content (AvgIpc) is 3.64. The van der Waals surface area contributed by atoms with Gasteiger partial charge in [0.05, 0.1) is 27.7 Å². The van der Waals surface area contributed by atoms with Gasteiger partial charge in [-0.3, -0.25) is 4.57 Å². The number of aromatic nitrogens is 3. The van der Waals surface area contributed by atoms with Crippen molar-refractivity contribution in [3.05, 3.63) is 186 Å². The average molecular weight is 626 g/mol. The second-order valence-electron chi connectivity index (χ2n) is 12.9. The number of hydrogen-bond donors (Lipinski definition) is 0. The van der Waals surface area contributed by atoms with Crippen LogP contribution in [0.5, 0.6) is 11.5 Å². The summed E-state index contributed by atoms with van der Waals surface area (Å²) in [6, 6.07) is 58.1. The highest BCUT2D eigenvalue weighted by atomic mass is 16.5. The largest absolute Gasteiger partial charge is 0.457 e. The van der Waals surface area contributed by atoms with E-state index >= 15 is 0 Å². The summed E-state index contributed by atoms with van der Waals surface area (Å²) in [5, 5.41) is 3.38. The van der Waals surface area contributed by atoms with Crippen molar-refractivity contribution in [1.29, 1.82) is 0 Å². The van der Waals surface area contributed by atoms with Crippen LogP contribution < -0.4 is 4.74 Å². The summed E-state index contributed by atoms with van der Waals surface area (Å²) < 4.78 is 8.86. The monoisotopic (exact) mass is 625 g/mol. The lowest BCUT2D eigenvalue weighted by Crippen LogP contribution is -2.32. The topological polar surface area (TPSA) is 39.9 Å². The molecule has 11 rings (SSSR count). The van der Waals surface area contributed by atoms with Gasteiger partial charge in [0.25, 0.3) is 0 Å². The number of benzene rings is 7. The molecule has 0 bridgehead atoms. The van der Waals surface area contributed by atoms with Gasteiger partial charge >= 0.3 is 0 Å². The van der Waals surface area contributed by atoms with Crippen LogP contribution >= 0.6 is 0 Å². The quantitative estimate of drug-likeness (QED) is 0.192. The Morgan fingerprint density at radius 3 is 1.88 bits per heavy atom. The Labute approximate surface area is 282 Å². The van der Waals surface area contributed by atoms with Gasteiger partial charge in [0, 0.05) is 32.8 Å². The van der Waals surface area contributed by atoms with E-state index in [1.165, 1.54) is 33.0 Å². The third-order valence-corrected chi connectivity index (χ3v) is 10.5. The zero-order chi connectivity index (χ0) is 32.1. The number of hydrogen-bond acceptors (Lipinski definition) is 3. The van der Waals surface area contributed by atoms with E-state index in [2.05, 4.69) is 156 Å². The number of fused-ring (bicyclic) bond motifs is 13. The molecule has 49 heavy (non-hydrogen) atoms. The van der Waals surface area contributed by atoms with Crippen molar-refractivity contribution in [3.8, 4) is 39.8 Å². The van der Waals surface area contributed by atoms with E-state index in [1.54, 1.807) is 0 Å². The molecule has 1 aliphatic carbocycles. The minimum Gasteiger partial charge on any atom is -0.457 e. The number of rotatable bonds is 2. The number of nitrogens with zero attached hydrogens (tertiary/aromatic N) is 3. The predicted molar refractivity (Wildman–Crippen MR) is 197 cm³/mol. The molecule has 228 valence electrons. The first-order valence-corrected chi connectivity index (χ1v) is 16.7. The SMILES string of the molecule is c1ccc(-c2nc(-n3c4ccccc4c4cc5c(cc43)C3(c4ccccc4Oc4ccccc43)c3ccccc3-5)nc3ccccc23)cc1. The molecule has 9 aromatic rings. The minimum atomic E-state index is -0.563. The van der Waals surface area contributed by atoms with Crippen molar-refractivity contribution in [2.75, 3.05) is 0 Å². The molecular formula is C45H27N3O. The van der Waals surface area contributed by atoms with Crippen LogP contribution in [0.25, 0.3) is 61.0 Å². The smallest absolute Gasteiger partial charge is 0.235 e. The molecule has 7 aromatic carbocycles. The van der Waals surface area contributed by atoms with Gasteiger partial charge in [-0.2, -0.15) is 0 Å². The maximum atomic E-state index is 6.59. The molecule has 2 aromatic heterocycles. The molecule has 4 nitrogen and oxygen atoms in total. The second-order valence-corrected chi connectivity index (χ2v) is 12.9. The Kier molecular flexibility index (Phi) is 5.28. The minimum absolute atomic E-state index is 0.563.